The Hall–Kier alpha value is -2.16. The van der Waals surface area contributed by atoms with Crippen LogP contribution in [0.2, 0.25) is 0 Å². The highest BCUT2D eigenvalue weighted by molar-refractivity contribution is 7.80. The predicted molar refractivity (Wildman–Crippen MR) is 87.7 cm³/mol. The topological polar surface area (TPSA) is 28.7 Å². The maximum absolute atomic E-state index is 13.8. The number of halogens is 6. The van der Waals surface area contributed by atoms with E-state index in [0.717, 1.165) is 18.2 Å². The fraction of sp³-hybridized carbons (Fsp3) is 0.235. The molecule has 0 saturated carbocycles. The first-order chi connectivity index (χ1) is 12.2. The number of aromatic amines is 1. The summed E-state index contributed by atoms with van der Waals surface area (Å²) in [7, 11) is 0. The van der Waals surface area contributed by atoms with Crippen LogP contribution in [-0.4, -0.2) is 15.7 Å². The molecule has 138 valence electrons. The van der Waals surface area contributed by atoms with Gasteiger partial charge in [-0.3, -0.25) is 0 Å². The second-order valence-electron chi connectivity index (χ2n) is 5.78. The molecule has 0 spiro atoms. The molecule has 1 atom stereocenters. The van der Waals surface area contributed by atoms with Crippen LogP contribution in [0.1, 0.15) is 22.9 Å². The van der Waals surface area contributed by atoms with E-state index in [-0.39, 0.29) is 29.0 Å². The van der Waals surface area contributed by atoms with Gasteiger partial charge in [-0.1, -0.05) is 12.1 Å². The lowest BCUT2D eigenvalue weighted by Gasteiger charge is -2.13. The Kier molecular flexibility index (Phi) is 4.92. The van der Waals surface area contributed by atoms with E-state index in [9.17, 15) is 26.3 Å². The minimum Gasteiger partial charge on any atom is -0.342 e. The van der Waals surface area contributed by atoms with Crippen LogP contribution in [0.15, 0.2) is 30.3 Å². The molecule has 0 radical (unpaired) electrons. The average Bonchev–Trinajstić information content (AvgIpc) is 3.01. The molecule has 0 bridgehead atoms. The summed E-state index contributed by atoms with van der Waals surface area (Å²) in [6, 6.07) is 5.41. The van der Waals surface area contributed by atoms with Gasteiger partial charge in [-0.05, 0) is 24.1 Å². The molecule has 1 heterocycles. The average molecular weight is 390 g/mol. The first-order valence-electron chi connectivity index (χ1n) is 7.50. The smallest absolute Gasteiger partial charge is 0.342 e. The van der Waals surface area contributed by atoms with E-state index in [1.807, 2.05) is 0 Å². The van der Waals surface area contributed by atoms with E-state index in [4.69, 9.17) is 0 Å². The summed E-state index contributed by atoms with van der Waals surface area (Å²) in [6.07, 6.45) is -4.15. The highest BCUT2D eigenvalue weighted by Gasteiger charge is 2.30. The van der Waals surface area contributed by atoms with Gasteiger partial charge in [0.15, 0.2) is 17.5 Å². The summed E-state index contributed by atoms with van der Waals surface area (Å²) >= 11 is 4.19. The number of nitrogens with zero attached hydrogens (tertiary/aromatic N) is 1. The Morgan fingerprint density at radius 1 is 1.04 bits per heavy atom. The van der Waals surface area contributed by atoms with Crippen LogP contribution >= 0.6 is 12.6 Å². The van der Waals surface area contributed by atoms with Crippen molar-refractivity contribution in [3.8, 4) is 0 Å². The summed E-state index contributed by atoms with van der Waals surface area (Å²) in [5, 5.41) is 0. The number of imidazole rings is 1. The zero-order valence-electron chi connectivity index (χ0n) is 13.0. The van der Waals surface area contributed by atoms with E-state index in [1.165, 1.54) is 12.1 Å². The number of rotatable bonds is 4. The van der Waals surface area contributed by atoms with Crippen LogP contribution in [0.25, 0.3) is 11.0 Å². The molecular weight excluding hydrogens is 378 g/mol. The summed E-state index contributed by atoms with van der Waals surface area (Å²) in [5.41, 5.74) is -0.510. The maximum Gasteiger partial charge on any atom is 0.416 e. The lowest BCUT2D eigenvalue weighted by atomic mass is 9.99. The van der Waals surface area contributed by atoms with Gasteiger partial charge in [0.2, 0.25) is 0 Å². The number of nitrogens with one attached hydrogen (secondary N) is 1. The van der Waals surface area contributed by atoms with E-state index >= 15 is 0 Å². The minimum atomic E-state index is -4.42. The molecule has 2 nitrogen and oxygen atoms in total. The van der Waals surface area contributed by atoms with Gasteiger partial charge in [0, 0.05) is 17.7 Å². The number of fused-ring (bicyclic) bond motifs is 1. The lowest BCUT2D eigenvalue weighted by molar-refractivity contribution is -0.137. The molecule has 2 aromatic carbocycles. The minimum absolute atomic E-state index is 0.00407. The van der Waals surface area contributed by atoms with Gasteiger partial charge >= 0.3 is 6.18 Å². The first kappa shape index (κ1) is 18.6. The van der Waals surface area contributed by atoms with Crippen LogP contribution in [0.3, 0.4) is 0 Å². The summed E-state index contributed by atoms with van der Waals surface area (Å²) in [5.74, 6) is -4.26. The van der Waals surface area contributed by atoms with Crippen LogP contribution in [-0.2, 0) is 12.6 Å². The summed E-state index contributed by atoms with van der Waals surface area (Å²) < 4.78 is 78.3. The molecule has 0 aliphatic heterocycles. The second kappa shape index (κ2) is 6.86. The van der Waals surface area contributed by atoms with E-state index < -0.39 is 35.1 Å². The largest absolute Gasteiger partial charge is 0.416 e. The number of thiol groups is 1. The van der Waals surface area contributed by atoms with Crippen molar-refractivity contribution in [3.05, 3.63) is 64.7 Å². The number of hydrogen-bond donors (Lipinski definition) is 2. The zero-order valence-corrected chi connectivity index (χ0v) is 13.9. The van der Waals surface area contributed by atoms with Gasteiger partial charge in [-0.25, -0.2) is 18.2 Å². The third-order valence-corrected chi connectivity index (χ3v) is 4.44. The van der Waals surface area contributed by atoms with Crippen LogP contribution in [0.5, 0.6) is 0 Å². The Morgan fingerprint density at radius 2 is 1.69 bits per heavy atom. The number of benzene rings is 2. The molecule has 9 heteroatoms. The first-order valence-corrected chi connectivity index (χ1v) is 8.14. The highest BCUT2D eigenvalue weighted by atomic mass is 32.1. The van der Waals surface area contributed by atoms with Crippen molar-refractivity contribution in [3.63, 3.8) is 0 Å². The van der Waals surface area contributed by atoms with Crippen LogP contribution in [0.4, 0.5) is 26.3 Å². The van der Waals surface area contributed by atoms with Gasteiger partial charge in [0.1, 0.15) is 11.3 Å². The van der Waals surface area contributed by atoms with Crippen molar-refractivity contribution < 1.29 is 26.3 Å². The van der Waals surface area contributed by atoms with Gasteiger partial charge in [-0.2, -0.15) is 25.8 Å². The fourth-order valence-electron chi connectivity index (χ4n) is 2.63. The van der Waals surface area contributed by atoms with E-state index in [1.54, 1.807) is 0 Å². The van der Waals surface area contributed by atoms with E-state index in [0.29, 0.717) is 5.56 Å². The molecule has 0 aliphatic carbocycles. The standard InChI is InChI=1S/C17H12F6N2S/c18-11-6-12-15(14(20)13(11)19)25-16(24-12)9(7-26)5-8-1-3-10(4-2-8)17(21,22)23/h1-4,6,9,26H,5,7H2,(H,24,25)/t9-/m1/s1. The molecule has 0 saturated heterocycles. The molecule has 0 fully saturated rings. The molecule has 0 aliphatic rings. The molecule has 0 amide bonds. The molecule has 3 aromatic rings. The van der Waals surface area contributed by atoms with Gasteiger partial charge in [0.05, 0.1) is 11.1 Å². The van der Waals surface area contributed by atoms with Gasteiger partial charge in [-0.15, -0.1) is 0 Å². The van der Waals surface area contributed by atoms with Crippen molar-refractivity contribution in [2.45, 2.75) is 18.5 Å². The van der Waals surface area contributed by atoms with Crippen molar-refractivity contribution >= 4 is 23.7 Å². The lowest BCUT2D eigenvalue weighted by Crippen LogP contribution is -2.08. The Bertz CT molecular complexity index is 933. The Labute approximate surface area is 149 Å². The van der Waals surface area contributed by atoms with Crippen molar-refractivity contribution in [1.29, 1.82) is 0 Å². The molecule has 1 aromatic heterocycles. The number of aromatic nitrogens is 2. The number of alkyl halides is 3. The fourth-order valence-corrected chi connectivity index (χ4v) is 2.93. The normalized spacial score (nSPS) is 13.3. The summed E-state index contributed by atoms with van der Waals surface area (Å²) in [6.45, 7) is 0. The Morgan fingerprint density at radius 3 is 2.27 bits per heavy atom. The van der Waals surface area contributed by atoms with Crippen molar-refractivity contribution in [2.75, 3.05) is 5.75 Å². The van der Waals surface area contributed by atoms with Crippen LogP contribution in [0, 0.1) is 17.5 Å². The SMILES string of the molecule is Fc1cc2[nH]c([C@@H](CS)Cc3ccc(C(F)(F)F)cc3)nc2c(F)c1F. The van der Waals surface area contributed by atoms with Gasteiger partial charge in [0.25, 0.3) is 0 Å². The molecule has 26 heavy (non-hydrogen) atoms. The Balaban J connectivity index is 1.89. The second-order valence-corrected chi connectivity index (χ2v) is 6.15. The number of H-pyrrole nitrogens is 1. The quantitative estimate of drug-likeness (QED) is 0.355. The highest BCUT2D eigenvalue weighted by Crippen LogP contribution is 2.30. The molecule has 3 rings (SSSR count). The molecular formula is C17H12F6N2S. The van der Waals surface area contributed by atoms with E-state index in [2.05, 4.69) is 22.6 Å². The number of hydrogen-bond acceptors (Lipinski definition) is 2. The van der Waals surface area contributed by atoms with Crippen molar-refractivity contribution in [1.82, 2.24) is 9.97 Å². The maximum atomic E-state index is 13.8. The van der Waals surface area contributed by atoms with Gasteiger partial charge < -0.3 is 4.98 Å². The third kappa shape index (κ3) is 3.53. The monoisotopic (exact) mass is 390 g/mol. The van der Waals surface area contributed by atoms with Crippen molar-refractivity contribution in [2.24, 2.45) is 0 Å². The summed E-state index contributed by atoms with van der Waals surface area (Å²) in [4.78, 5) is 6.70. The molecule has 0 unspecified atom stereocenters. The zero-order chi connectivity index (χ0) is 19.1. The third-order valence-electron chi connectivity index (χ3n) is 4.00. The predicted octanol–water partition coefficient (Wildman–Crippen LogP) is 5.26. The van der Waals surface area contributed by atoms with Crippen LogP contribution < -0.4 is 0 Å². The molecule has 1 N–H and O–H groups in total.